The van der Waals surface area contributed by atoms with E-state index in [1.165, 1.54) is 15.3 Å². The highest BCUT2D eigenvalue weighted by Gasteiger charge is 2.09. The fraction of sp³-hybridized carbons (Fsp3) is 0.733. The molecule has 0 fully saturated rings. The summed E-state index contributed by atoms with van der Waals surface area (Å²) in [6, 6.07) is 2.28. The maximum Gasteiger partial charge on any atom is 0.0731 e. The van der Waals surface area contributed by atoms with Gasteiger partial charge in [0.1, 0.15) is 0 Å². The summed E-state index contributed by atoms with van der Waals surface area (Å²) in [6.45, 7) is 13.7. The van der Waals surface area contributed by atoms with Crippen molar-refractivity contribution in [2.45, 2.75) is 60.3 Å². The van der Waals surface area contributed by atoms with Crippen molar-refractivity contribution in [1.82, 2.24) is 5.32 Å². The molecule has 0 saturated heterocycles. The van der Waals surface area contributed by atoms with Gasteiger partial charge in [0.05, 0.1) is 12.7 Å². The molecule has 0 aliphatic carbocycles. The molecule has 0 radical (unpaired) electrons. The Hall–Kier alpha value is -0.380. The molecule has 1 N–H and O–H groups in total. The summed E-state index contributed by atoms with van der Waals surface area (Å²) in [6.07, 6.45) is 1.48. The van der Waals surface area contributed by atoms with E-state index in [4.69, 9.17) is 4.74 Å². The zero-order chi connectivity index (χ0) is 13.5. The summed E-state index contributed by atoms with van der Waals surface area (Å²) < 4.78 is 5.92. The molecule has 1 aromatic rings. The molecule has 0 bridgehead atoms. The van der Waals surface area contributed by atoms with Crippen LogP contribution in [0.3, 0.4) is 0 Å². The lowest BCUT2D eigenvalue weighted by Crippen LogP contribution is -2.11. The van der Waals surface area contributed by atoms with Gasteiger partial charge in [0, 0.05) is 16.3 Å². The van der Waals surface area contributed by atoms with Gasteiger partial charge in [0.25, 0.3) is 0 Å². The van der Waals surface area contributed by atoms with E-state index in [0.717, 1.165) is 26.1 Å². The number of thiophene rings is 1. The van der Waals surface area contributed by atoms with Gasteiger partial charge in [-0.1, -0.05) is 20.8 Å². The maximum atomic E-state index is 5.92. The predicted octanol–water partition coefficient (Wildman–Crippen LogP) is 4.12. The summed E-state index contributed by atoms with van der Waals surface area (Å²) in [5.41, 5.74) is 1.35. The molecule has 1 rings (SSSR count). The maximum absolute atomic E-state index is 5.92. The molecule has 0 aliphatic rings. The second-order valence-electron chi connectivity index (χ2n) is 5.33. The lowest BCUT2D eigenvalue weighted by atomic mass is 10.1. The Balaban J connectivity index is 2.44. The van der Waals surface area contributed by atoms with Crippen molar-refractivity contribution in [2.75, 3.05) is 6.54 Å². The van der Waals surface area contributed by atoms with Crippen molar-refractivity contribution < 1.29 is 4.74 Å². The molecular weight excluding hydrogens is 242 g/mol. The first-order valence-electron chi connectivity index (χ1n) is 6.93. The smallest absolute Gasteiger partial charge is 0.0731 e. The minimum absolute atomic E-state index is 0.349. The Bertz CT molecular complexity index is 346. The van der Waals surface area contributed by atoms with E-state index in [1.807, 2.05) is 11.3 Å². The van der Waals surface area contributed by atoms with Crippen LogP contribution in [0.5, 0.6) is 0 Å². The van der Waals surface area contributed by atoms with Crippen molar-refractivity contribution >= 4 is 11.3 Å². The van der Waals surface area contributed by atoms with Crippen LogP contribution >= 0.6 is 11.3 Å². The Kier molecular flexibility index (Phi) is 6.90. The van der Waals surface area contributed by atoms with E-state index < -0.39 is 0 Å². The second-order valence-corrected chi connectivity index (χ2v) is 6.67. The number of aryl methyl sites for hydroxylation is 1. The predicted molar refractivity (Wildman–Crippen MR) is 80.1 cm³/mol. The number of hydrogen-bond donors (Lipinski definition) is 1. The molecule has 104 valence electrons. The van der Waals surface area contributed by atoms with Crippen LogP contribution in [-0.2, 0) is 17.9 Å². The standard InChI is InChI=1S/C15H27NOS/c1-6-16-9-15-8-14(13(5)18-15)10-17-12(4)7-11(2)3/h8,11-12,16H,6-7,9-10H2,1-5H3. The van der Waals surface area contributed by atoms with Crippen LogP contribution in [0, 0.1) is 12.8 Å². The number of hydrogen-bond acceptors (Lipinski definition) is 3. The van der Waals surface area contributed by atoms with Gasteiger partial charge in [-0.3, -0.25) is 0 Å². The largest absolute Gasteiger partial charge is 0.374 e. The van der Waals surface area contributed by atoms with Crippen molar-refractivity contribution in [1.29, 1.82) is 0 Å². The quantitative estimate of drug-likeness (QED) is 0.766. The van der Waals surface area contributed by atoms with Crippen LogP contribution in [-0.4, -0.2) is 12.6 Å². The third-order valence-electron chi connectivity index (χ3n) is 2.95. The highest BCUT2D eigenvalue weighted by molar-refractivity contribution is 7.12. The number of nitrogens with one attached hydrogen (secondary N) is 1. The minimum Gasteiger partial charge on any atom is -0.374 e. The Morgan fingerprint density at radius 1 is 1.33 bits per heavy atom. The van der Waals surface area contributed by atoms with E-state index in [2.05, 4.69) is 46.0 Å². The van der Waals surface area contributed by atoms with Crippen molar-refractivity contribution in [2.24, 2.45) is 5.92 Å². The van der Waals surface area contributed by atoms with Crippen molar-refractivity contribution in [3.63, 3.8) is 0 Å². The summed E-state index contributed by atoms with van der Waals surface area (Å²) in [5, 5.41) is 3.37. The Morgan fingerprint density at radius 2 is 2.06 bits per heavy atom. The number of ether oxygens (including phenoxy) is 1. The molecule has 1 atom stereocenters. The molecule has 0 aliphatic heterocycles. The van der Waals surface area contributed by atoms with E-state index >= 15 is 0 Å². The SMILES string of the molecule is CCNCc1cc(COC(C)CC(C)C)c(C)s1. The molecular formula is C15H27NOS. The lowest BCUT2D eigenvalue weighted by molar-refractivity contribution is 0.0396. The third-order valence-corrected chi connectivity index (χ3v) is 4.04. The first-order chi connectivity index (χ1) is 8.52. The van der Waals surface area contributed by atoms with E-state index in [-0.39, 0.29) is 0 Å². The van der Waals surface area contributed by atoms with Gasteiger partial charge in [0.15, 0.2) is 0 Å². The van der Waals surface area contributed by atoms with Crippen LogP contribution in [0.25, 0.3) is 0 Å². The van der Waals surface area contributed by atoms with Crippen molar-refractivity contribution in [3.05, 3.63) is 21.4 Å². The topological polar surface area (TPSA) is 21.3 Å². The summed E-state index contributed by atoms with van der Waals surface area (Å²) in [4.78, 5) is 2.80. The molecule has 18 heavy (non-hydrogen) atoms. The van der Waals surface area contributed by atoms with Crippen LogP contribution in [0.2, 0.25) is 0 Å². The normalized spacial score (nSPS) is 13.2. The van der Waals surface area contributed by atoms with Crippen molar-refractivity contribution in [3.8, 4) is 0 Å². The fourth-order valence-electron chi connectivity index (χ4n) is 2.03. The Labute approximate surface area is 116 Å². The highest BCUT2D eigenvalue weighted by atomic mass is 32.1. The summed E-state index contributed by atoms with van der Waals surface area (Å²) in [5.74, 6) is 0.702. The molecule has 1 heterocycles. The molecule has 1 aromatic heterocycles. The van der Waals surface area contributed by atoms with E-state index in [0.29, 0.717) is 12.0 Å². The zero-order valence-corrected chi connectivity index (χ0v) is 13.2. The molecule has 0 amide bonds. The van der Waals surface area contributed by atoms with Crippen LogP contribution < -0.4 is 5.32 Å². The van der Waals surface area contributed by atoms with Crippen LogP contribution in [0.1, 0.15) is 49.4 Å². The molecule has 2 nitrogen and oxygen atoms in total. The monoisotopic (exact) mass is 269 g/mol. The van der Waals surface area contributed by atoms with Crippen LogP contribution in [0.15, 0.2) is 6.07 Å². The van der Waals surface area contributed by atoms with Gasteiger partial charge in [0.2, 0.25) is 0 Å². The summed E-state index contributed by atoms with van der Waals surface area (Å²) in [7, 11) is 0. The third kappa shape index (κ3) is 5.51. The molecule has 0 spiro atoms. The first-order valence-corrected chi connectivity index (χ1v) is 7.75. The van der Waals surface area contributed by atoms with E-state index in [9.17, 15) is 0 Å². The molecule has 3 heteroatoms. The van der Waals surface area contributed by atoms with Crippen LogP contribution in [0.4, 0.5) is 0 Å². The molecule has 0 saturated carbocycles. The number of rotatable bonds is 8. The minimum atomic E-state index is 0.349. The lowest BCUT2D eigenvalue weighted by Gasteiger charge is -2.14. The van der Waals surface area contributed by atoms with Gasteiger partial charge < -0.3 is 10.1 Å². The van der Waals surface area contributed by atoms with Gasteiger partial charge >= 0.3 is 0 Å². The highest BCUT2D eigenvalue weighted by Crippen LogP contribution is 2.23. The average Bonchev–Trinajstić information content (AvgIpc) is 2.64. The average molecular weight is 269 g/mol. The van der Waals surface area contributed by atoms with Gasteiger partial charge in [-0.2, -0.15) is 0 Å². The van der Waals surface area contributed by atoms with E-state index in [1.54, 1.807) is 0 Å². The fourth-order valence-corrected chi connectivity index (χ4v) is 3.05. The second kappa shape index (κ2) is 7.93. The zero-order valence-electron chi connectivity index (χ0n) is 12.4. The summed E-state index contributed by atoms with van der Waals surface area (Å²) >= 11 is 1.88. The Morgan fingerprint density at radius 3 is 2.67 bits per heavy atom. The van der Waals surface area contributed by atoms with Gasteiger partial charge in [-0.25, -0.2) is 0 Å². The first kappa shape index (κ1) is 15.7. The molecule has 0 aromatic carbocycles. The van der Waals surface area contributed by atoms with Gasteiger partial charge in [-0.05, 0) is 44.4 Å². The molecule has 1 unspecified atom stereocenters. The van der Waals surface area contributed by atoms with Gasteiger partial charge in [-0.15, -0.1) is 11.3 Å².